The summed E-state index contributed by atoms with van der Waals surface area (Å²) in [5.41, 5.74) is 5.57. The van der Waals surface area contributed by atoms with E-state index in [1.807, 2.05) is 0 Å². The summed E-state index contributed by atoms with van der Waals surface area (Å²) in [5, 5.41) is 0.265. The predicted molar refractivity (Wildman–Crippen MR) is 63.5 cm³/mol. The van der Waals surface area contributed by atoms with Gasteiger partial charge in [-0.3, -0.25) is 0 Å². The van der Waals surface area contributed by atoms with Gasteiger partial charge in [0.05, 0.1) is 5.39 Å². The molecule has 0 aliphatic rings. The Kier molecular flexibility index (Phi) is 3.05. The fourth-order valence-corrected chi connectivity index (χ4v) is 2.06. The first kappa shape index (κ1) is 11.6. The van der Waals surface area contributed by atoms with E-state index in [2.05, 4.69) is 15.0 Å². The second-order valence-electron chi connectivity index (χ2n) is 2.83. The Bertz CT molecular complexity index is 578. The highest BCUT2D eigenvalue weighted by molar-refractivity contribution is 7.98. The largest absolute Gasteiger partial charge is 0.383 e. The third-order valence-corrected chi connectivity index (χ3v) is 2.96. The van der Waals surface area contributed by atoms with E-state index in [1.165, 1.54) is 11.8 Å². The maximum absolute atomic E-state index is 13.7. The van der Waals surface area contributed by atoms with Gasteiger partial charge in [-0.25, -0.2) is 19.3 Å². The van der Waals surface area contributed by atoms with E-state index in [0.717, 1.165) is 0 Å². The van der Waals surface area contributed by atoms with Gasteiger partial charge in [0.15, 0.2) is 16.1 Å². The van der Waals surface area contributed by atoms with Crippen LogP contribution in [0.3, 0.4) is 0 Å². The summed E-state index contributed by atoms with van der Waals surface area (Å²) in [4.78, 5) is 11.5. The molecule has 0 saturated heterocycles. The van der Waals surface area contributed by atoms with E-state index in [1.54, 1.807) is 6.26 Å². The van der Waals surface area contributed by atoms with Crippen LogP contribution in [0.15, 0.2) is 5.16 Å². The molecule has 16 heavy (non-hydrogen) atoms. The topological polar surface area (TPSA) is 64.7 Å². The highest BCUT2D eigenvalue weighted by Gasteiger charge is 2.17. The van der Waals surface area contributed by atoms with Gasteiger partial charge >= 0.3 is 0 Å². The molecule has 84 valence electrons. The second-order valence-corrected chi connectivity index (χ2v) is 4.32. The maximum Gasteiger partial charge on any atom is 0.189 e. The van der Waals surface area contributed by atoms with Crippen molar-refractivity contribution in [1.82, 2.24) is 15.0 Å². The number of nitrogens with two attached hydrogens (primary N) is 1. The first-order valence-corrected chi connectivity index (χ1v) is 6.04. The van der Waals surface area contributed by atoms with Crippen molar-refractivity contribution in [3.05, 3.63) is 16.1 Å². The van der Waals surface area contributed by atoms with Crippen LogP contribution in [0.1, 0.15) is 0 Å². The molecule has 0 saturated carbocycles. The number of nitrogens with zero attached hydrogens (tertiary/aromatic N) is 3. The van der Waals surface area contributed by atoms with Crippen molar-refractivity contribution in [2.45, 2.75) is 5.16 Å². The zero-order valence-corrected chi connectivity index (χ0v) is 10.3. The van der Waals surface area contributed by atoms with Crippen molar-refractivity contribution in [2.24, 2.45) is 0 Å². The molecule has 0 bridgehead atoms. The Hall–Kier alpha value is -0.850. The van der Waals surface area contributed by atoms with Crippen LogP contribution in [0.4, 0.5) is 10.2 Å². The Morgan fingerprint density at radius 1 is 1.19 bits per heavy atom. The monoisotopic (exact) mass is 278 g/mol. The zero-order valence-electron chi connectivity index (χ0n) is 7.96. The van der Waals surface area contributed by atoms with Crippen LogP contribution in [0, 0.1) is 5.82 Å². The predicted octanol–water partition coefficient (Wildman–Crippen LogP) is 2.77. The highest BCUT2D eigenvalue weighted by atomic mass is 35.5. The standard InChI is InChI=1S/C8H5Cl2FN4S/c1-16-8-13-4-2(5(9)15-8)7(12)14-6(10)3(4)11/h1H3,(H2,12,14). The molecule has 0 unspecified atom stereocenters. The fraction of sp³-hybridized carbons (Fsp3) is 0.125. The van der Waals surface area contributed by atoms with Crippen LogP contribution in [0.25, 0.3) is 10.9 Å². The molecular formula is C8H5Cl2FN4S. The molecular weight excluding hydrogens is 274 g/mol. The molecule has 0 spiro atoms. The smallest absolute Gasteiger partial charge is 0.189 e. The van der Waals surface area contributed by atoms with Gasteiger partial charge in [-0.2, -0.15) is 0 Å². The van der Waals surface area contributed by atoms with Gasteiger partial charge in [0.1, 0.15) is 16.5 Å². The van der Waals surface area contributed by atoms with E-state index in [-0.39, 0.29) is 27.0 Å². The number of hydrogen-bond acceptors (Lipinski definition) is 5. The summed E-state index contributed by atoms with van der Waals surface area (Å²) in [6, 6.07) is 0. The number of nitrogen functional groups attached to an aromatic ring is 1. The van der Waals surface area contributed by atoms with Crippen LogP contribution in [-0.4, -0.2) is 21.2 Å². The lowest BCUT2D eigenvalue weighted by molar-refractivity contribution is 0.630. The summed E-state index contributed by atoms with van der Waals surface area (Å²) >= 11 is 12.7. The molecule has 0 aromatic carbocycles. The highest BCUT2D eigenvalue weighted by Crippen LogP contribution is 2.31. The number of thioether (sulfide) groups is 1. The molecule has 2 heterocycles. The molecule has 2 aromatic heterocycles. The van der Waals surface area contributed by atoms with E-state index in [9.17, 15) is 4.39 Å². The SMILES string of the molecule is CSc1nc(Cl)c2c(N)nc(Cl)c(F)c2n1. The molecule has 8 heteroatoms. The molecule has 0 amide bonds. The Morgan fingerprint density at radius 3 is 2.50 bits per heavy atom. The third-order valence-electron chi connectivity index (χ3n) is 1.89. The minimum Gasteiger partial charge on any atom is -0.383 e. The van der Waals surface area contributed by atoms with E-state index in [0.29, 0.717) is 5.16 Å². The Labute approximate surface area is 104 Å². The molecule has 4 nitrogen and oxygen atoms in total. The minimum absolute atomic E-state index is 0.0122. The number of fused-ring (bicyclic) bond motifs is 1. The van der Waals surface area contributed by atoms with Crippen molar-refractivity contribution in [3.8, 4) is 0 Å². The first-order chi connectivity index (χ1) is 7.54. The summed E-state index contributed by atoms with van der Waals surface area (Å²) in [7, 11) is 0. The van der Waals surface area contributed by atoms with Crippen LogP contribution >= 0.6 is 35.0 Å². The van der Waals surface area contributed by atoms with Crippen LogP contribution in [0.5, 0.6) is 0 Å². The number of aromatic nitrogens is 3. The third kappa shape index (κ3) is 1.77. The average Bonchev–Trinajstić information content (AvgIpc) is 2.24. The summed E-state index contributed by atoms with van der Waals surface area (Å²) in [6.07, 6.45) is 1.75. The molecule has 0 aliphatic carbocycles. The average molecular weight is 279 g/mol. The minimum atomic E-state index is -0.745. The number of hydrogen-bond donors (Lipinski definition) is 1. The lowest BCUT2D eigenvalue weighted by Crippen LogP contribution is -2.00. The van der Waals surface area contributed by atoms with Crippen molar-refractivity contribution in [2.75, 3.05) is 12.0 Å². The number of halogens is 3. The quantitative estimate of drug-likeness (QED) is 0.376. The molecule has 0 radical (unpaired) electrons. The molecule has 0 aliphatic heterocycles. The normalized spacial score (nSPS) is 11.0. The Morgan fingerprint density at radius 2 is 1.88 bits per heavy atom. The van der Waals surface area contributed by atoms with Gasteiger partial charge in [0, 0.05) is 0 Å². The molecule has 2 N–H and O–H groups in total. The van der Waals surface area contributed by atoms with Gasteiger partial charge in [-0.1, -0.05) is 35.0 Å². The van der Waals surface area contributed by atoms with Crippen molar-refractivity contribution >= 4 is 51.7 Å². The number of rotatable bonds is 1. The van der Waals surface area contributed by atoms with Gasteiger partial charge in [0.25, 0.3) is 0 Å². The van der Waals surface area contributed by atoms with Crippen LogP contribution in [0.2, 0.25) is 10.3 Å². The van der Waals surface area contributed by atoms with Crippen molar-refractivity contribution in [1.29, 1.82) is 0 Å². The fourth-order valence-electron chi connectivity index (χ4n) is 1.20. The number of anilines is 1. The lowest BCUT2D eigenvalue weighted by Gasteiger charge is -2.06. The number of pyridine rings is 1. The van der Waals surface area contributed by atoms with Gasteiger partial charge in [-0.05, 0) is 6.26 Å². The van der Waals surface area contributed by atoms with E-state index < -0.39 is 5.82 Å². The Balaban J connectivity index is 2.94. The summed E-state index contributed by atoms with van der Waals surface area (Å²) in [6.45, 7) is 0. The molecule has 0 atom stereocenters. The van der Waals surface area contributed by atoms with E-state index in [4.69, 9.17) is 28.9 Å². The van der Waals surface area contributed by atoms with Crippen LogP contribution < -0.4 is 5.73 Å². The molecule has 2 aromatic rings. The van der Waals surface area contributed by atoms with Gasteiger partial charge < -0.3 is 5.73 Å². The van der Waals surface area contributed by atoms with Crippen LogP contribution in [-0.2, 0) is 0 Å². The van der Waals surface area contributed by atoms with Gasteiger partial charge in [0.2, 0.25) is 0 Å². The van der Waals surface area contributed by atoms with Crippen molar-refractivity contribution < 1.29 is 4.39 Å². The van der Waals surface area contributed by atoms with Gasteiger partial charge in [-0.15, -0.1) is 0 Å². The summed E-state index contributed by atoms with van der Waals surface area (Å²) < 4.78 is 13.7. The second kappa shape index (κ2) is 4.20. The van der Waals surface area contributed by atoms with Crippen molar-refractivity contribution in [3.63, 3.8) is 0 Å². The summed E-state index contributed by atoms with van der Waals surface area (Å²) in [5.74, 6) is -0.732. The lowest BCUT2D eigenvalue weighted by atomic mass is 10.3. The molecule has 2 rings (SSSR count). The first-order valence-electron chi connectivity index (χ1n) is 4.06. The zero-order chi connectivity index (χ0) is 11.9. The maximum atomic E-state index is 13.7. The molecule has 0 fully saturated rings. The van der Waals surface area contributed by atoms with E-state index >= 15 is 0 Å².